The third-order valence-electron chi connectivity index (χ3n) is 5.88. The van der Waals surface area contributed by atoms with Gasteiger partial charge in [-0.1, -0.05) is 84.7 Å². The molecule has 0 saturated heterocycles. The zero-order valence-corrected chi connectivity index (χ0v) is 15.0. The molecule has 0 unspecified atom stereocenters. The number of aliphatic hydroxyl groups is 2. The Balaban J connectivity index is 1.73. The first-order valence-electron chi connectivity index (χ1n) is 9.27. The topological polar surface area (TPSA) is 40.5 Å². The van der Waals surface area contributed by atoms with Crippen LogP contribution >= 0.6 is 0 Å². The number of hydrogen-bond donors (Lipinski definition) is 2. The number of benzene rings is 2. The lowest BCUT2D eigenvalue weighted by Gasteiger charge is -2.31. The molecule has 2 aliphatic carbocycles. The minimum absolute atomic E-state index is 0.126. The van der Waals surface area contributed by atoms with Crippen molar-refractivity contribution >= 4 is 0 Å². The van der Waals surface area contributed by atoms with Gasteiger partial charge in [0.2, 0.25) is 0 Å². The molecule has 1 fully saturated rings. The van der Waals surface area contributed by atoms with Gasteiger partial charge >= 0.3 is 0 Å². The zero-order valence-electron chi connectivity index (χ0n) is 15.0. The lowest BCUT2D eigenvalue weighted by molar-refractivity contribution is 0.0421. The van der Waals surface area contributed by atoms with Gasteiger partial charge in [-0.15, -0.1) is 0 Å². The highest BCUT2D eigenvalue weighted by molar-refractivity contribution is 5.45. The summed E-state index contributed by atoms with van der Waals surface area (Å²) in [4.78, 5) is 0. The maximum atomic E-state index is 11.5. The van der Waals surface area contributed by atoms with Crippen LogP contribution in [0.1, 0.15) is 30.9 Å². The smallest absolute Gasteiger partial charge is 0.176 e. The van der Waals surface area contributed by atoms with Gasteiger partial charge < -0.3 is 10.2 Å². The van der Waals surface area contributed by atoms with Crippen LogP contribution in [0.4, 0.5) is 0 Å². The van der Waals surface area contributed by atoms with Crippen LogP contribution in [0.15, 0.2) is 72.8 Å². The van der Waals surface area contributed by atoms with E-state index >= 15 is 0 Å². The minimum atomic E-state index is -1.44. The van der Waals surface area contributed by atoms with Crippen LogP contribution in [0.2, 0.25) is 0 Å². The number of rotatable bonds is 3. The summed E-state index contributed by atoms with van der Waals surface area (Å²) < 4.78 is 0. The van der Waals surface area contributed by atoms with Gasteiger partial charge in [0, 0.05) is 17.0 Å². The Morgan fingerprint density at radius 1 is 0.808 bits per heavy atom. The summed E-state index contributed by atoms with van der Waals surface area (Å²) in [6.07, 6.45) is 6.56. The first-order valence-corrected chi connectivity index (χ1v) is 9.27. The molecule has 2 aliphatic rings. The SMILES string of the molecule is C[C@@](O)(C#CC(O)(c1ccccc1)c1ccccc1)[C@H]1C[C@H]2C=C[C@H]1C2. The molecule has 4 atom stereocenters. The Labute approximate surface area is 155 Å². The lowest BCUT2D eigenvalue weighted by Crippen LogP contribution is -2.36. The number of fused-ring (bicyclic) bond motifs is 2. The Hall–Kier alpha value is -2.34. The molecule has 0 spiro atoms. The molecule has 2 aromatic rings. The van der Waals surface area contributed by atoms with E-state index in [0.29, 0.717) is 23.0 Å². The zero-order chi connectivity index (χ0) is 18.2. The molecule has 2 N–H and O–H groups in total. The summed E-state index contributed by atoms with van der Waals surface area (Å²) in [6, 6.07) is 18.9. The van der Waals surface area contributed by atoms with E-state index in [-0.39, 0.29) is 5.92 Å². The van der Waals surface area contributed by atoms with Crippen molar-refractivity contribution in [2.45, 2.75) is 31.0 Å². The summed E-state index contributed by atoms with van der Waals surface area (Å²) in [6.45, 7) is 1.79. The Bertz CT molecular complexity index is 816. The molecule has 2 bridgehead atoms. The molecule has 132 valence electrons. The third kappa shape index (κ3) is 2.98. The largest absolute Gasteiger partial charge is 0.378 e. The molecule has 0 aliphatic heterocycles. The van der Waals surface area contributed by atoms with Gasteiger partial charge in [-0.05, 0) is 31.6 Å². The fourth-order valence-corrected chi connectivity index (χ4v) is 4.41. The molecule has 0 aromatic heterocycles. The molecule has 1 saturated carbocycles. The minimum Gasteiger partial charge on any atom is -0.378 e. The van der Waals surface area contributed by atoms with E-state index < -0.39 is 11.2 Å². The van der Waals surface area contributed by atoms with E-state index in [4.69, 9.17) is 0 Å². The van der Waals surface area contributed by atoms with Crippen molar-refractivity contribution in [1.82, 2.24) is 0 Å². The van der Waals surface area contributed by atoms with Crippen LogP contribution in [0.3, 0.4) is 0 Å². The molecule has 0 amide bonds. The van der Waals surface area contributed by atoms with Crippen LogP contribution in [-0.2, 0) is 5.60 Å². The van der Waals surface area contributed by atoms with Crippen LogP contribution in [0, 0.1) is 29.6 Å². The maximum Gasteiger partial charge on any atom is 0.176 e. The van der Waals surface area contributed by atoms with Crippen LogP contribution in [0.25, 0.3) is 0 Å². The molecule has 26 heavy (non-hydrogen) atoms. The summed E-state index contributed by atoms with van der Waals surface area (Å²) >= 11 is 0. The first-order chi connectivity index (χ1) is 12.5. The fourth-order valence-electron chi connectivity index (χ4n) is 4.41. The average Bonchev–Trinajstić information content (AvgIpc) is 3.32. The second-order valence-electron chi connectivity index (χ2n) is 7.73. The molecule has 0 heterocycles. The summed E-state index contributed by atoms with van der Waals surface area (Å²) in [5.74, 6) is 7.17. The molecule has 0 radical (unpaired) electrons. The standard InChI is InChI=1S/C24H24O2/c1-23(25,22-17-18-12-13-19(22)16-18)14-15-24(26,20-8-4-2-5-9-20)21-10-6-3-7-11-21/h2-13,18-19,22,25-26H,16-17H2,1H3/t18-,19-,22-,23+/m0/s1. The lowest BCUT2D eigenvalue weighted by atomic mass is 9.79. The molecular weight excluding hydrogens is 320 g/mol. The van der Waals surface area contributed by atoms with Crippen molar-refractivity contribution in [2.75, 3.05) is 0 Å². The van der Waals surface area contributed by atoms with E-state index in [0.717, 1.165) is 12.8 Å². The highest BCUT2D eigenvalue weighted by Crippen LogP contribution is 2.48. The number of allylic oxidation sites excluding steroid dienone is 2. The highest BCUT2D eigenvalue weighted by atomic mass is 16.3. The normalized spacial score (nSPS) is 26.2. The van der Waals surface area contributed by atoms with Crippen molar-refractivity contribution in [1.29, 1.82) is 0 Å². The summed E-state index contributed by atoms with van der Waals surface area (Å²) in [5, 5.41) is 22.6. The van der Waals surface area contributed by atoms with Crippen LogP contribution in [0.5, 0.6) is 0 Å². The maximum absolute atomic E-state index is 11.5. The van der Waals surface area contributed by atoms with Gasteiger partial charge in [0.15, 0.2) is 5.60 Å². The highest BCUT2D eigenvalue weighted by Gasteiger charge is 2.45. The third-order valence-corrected chi connectivity index (χ3v) is 5.88. The first kappa shape index (κ1) is 17.1. The predicted molar refractivity (Wildman–Crippen MR) is 103 cm³/mol. The van der Waals surface area contributed by atoms with Crippen molar-refractivity contribution < 1.29 is 10.2 Å². The Morgan fingerprint density at radius 2 is 1.38 bits per heavy atom. The van der Waals surface area contributed by atoms with Crippen molar-refractivity contribution in [3.05, 3.63) is 83.9 Å². The Kier molecular flexibility index (Phi) is 4.23. The molecular formula is C24H24O2. The van der Waals surface area contributed by atoms with Gasteiger partial charge in [0.05, 0.1) is 0 Å². The van der Waals surface area contributed by atoms with E-state index in [1.54, 1.807) is 6.92 Å². The van der Waals surface area contributed by atoms with E-state index in [9.17, 15) is 10.2 Å². The van der Waals surface area contributed by atoms with Crippen molar-refractivity contribution in [3.63, 3.8) is 0 Å². The average molecular weight is 344 g/mol. The van der Waals surface area contributed by atoms with E-state index in [1.807, 2.05) is 60.7 Å². The van der Waals surface area contributed by atoms with Crippen LogP contribution < -0.4 is 0 Å². The summed E-state index contributed by atoms with van der Waals surface area (Å²) in [5.41, 5.74) is -1.15. The number of hydrogen-bond acceptors (Lipinski definition) is 2. The summed E-state index contributed by atoms with van der Waals surface area (Å²) in [7, 11) is 0. The Morgan fingerprint density at radius 3 is 1.85 bits per heavy atom. The van der Waals surface area contributed by atoms with Gasteiger partial charge in [-0.25, -0.2) is 0 Å². The van der Waals surface area contributed by atoms with Gasteiger partial charge in [-0.2, -0.15) is 0 Å². The van der Waals surface area contributed by atoms with E-state index in [1.165, 1.54) is 0 Å². The fraction of sp³-hybridized carbons (Fsp3) is 0.333. The van der Waals surface area contributed by atoms with Crippen molar-refractivity contribution in [3.8, 4) is 11.8 Å². The van der Waals surface area contributed by atoms with Crippen molar-refractivity contribution in [2.24, 2.45) is 17.8 Å². The molecule has 2 heteroatoms. The quantitative estimate of drug-likeness (QED) is 0.655. The van der Waals surface area contributed by atoms with E-state index in [2.05, 4.69) is 24.0 Å². The molecule has 2 aromatic carbocycles. The second-order valence-corrected chi connectivity index (χ2v) is 7.73. The second kappa shape index (κ2) is 6.43. The van der Waals surface area contributed by atoms with Gasteiger partial charge in [0.1, 0.15) is 5.60 Å². The predicted octanol–water partition coefficient (Wildman–Crippen LogP) is 3.89. The molecule has 2 nitrogen and oxygen atoms in total. The molecule has 4 rings (SSSR count). The van der Waals surface area contributed by atoms with Gasteiger partial charge in [0.25, 0.3) is 0 Å². The van der Waals surface area contributed by atoms with Gasteiger partial charge in [-0.3, -0.25) is 0 Å². The van der Waals surface area contributed by atoms with Crippen LogP contribution in [-0.4, -0.2) is 15.8 Å². The monoisotopic (exact) mass is 344 g/mol.